The van der Waals surface area contributed by atoms with Crippen molar-refractivity contribution in [2.24, 2.45) is 29.1 Å². The number of nitro benzene ring substituents is 1. The first-order chi connectivity index (χ1) is 14.3. The number of nitrogens with one attached hydrogen (secondary N) is 1. The molecule has 5 aliphatic rings. The Hall–Kier alpha value is -1.62. The van der Waals surface area contributed by atoms with Crippen LogP contribution in [0.5, 0.6) is 0 Å². The topological polar surface area (TPSA) is 58.4 Å². The molecule has 1 heterocycles. The molecule has 4 saturated carbocycles. The summed E-state index contributed by atoms with van der Waals surface area (Å²) < 4.78 is 0. The van der Waals surface area contributed by atoms with E-state index in [2.05, 4.69) is 37.1 Å². The summed E-state index contributed by atoms with van der Waals surface area (Å²) in [6.07, 6.45) is 9.26. The first-order valence-electron chi connectivity index (χ1n) is 12.1. The van der Waals surface area contributed by atoms with Gasteiger partial charge in [0.05, 0.1) is 4.92 Å². The average Bonchev–Trinajstić information content (AvgIpc) is 2.66. The number of hydrogen-bond donors (Lipinski definition) is 1. The predicted molar refractivity (Wildman–Crippen MR) is 121 cm³/mol. The molecule has 1 N–H and O–H groups in total. The van der Waals surface area contributed by atoms with Gasteiger partial charge in [0, 0.05) is 42.5 Å². The monoisotopic (exact) mass is 411 g/mol. The third kappa shape index (κ3) is 3.63. The van der Waals surface area contributed by atoms with Gasteiger partial charge in [-0.25, -0.2) is 0 Å². The van der Waals surface area contributed by atoms with E-state index >= 15 is 0 Å². The van der Waals surface area contributed by atoms with Gasteiger partial charge in [-0.2, -0.15) is 0 Å². The van der Waals surface area contributed by atoms with Crippen molar-refractivity contribution < 1.29 is 4.92 Å². The van der Waals surface area contributed by atoms with Crippen LogP contribution in [-0.2, 0) is 6.42 Å². The highest BCUT2D eigenvalue weighted by Gasteiger charge is 2.53. The SMILES string of the molecule is C[C@@H]1CN(c2ccc([N+](=O)[O-])c(C[C@H](C)C34CC5CC(CC(C5)C3)C4)c2)C[C@H](C)N1. The lowest BCUT2D eigenvalue weighted by Crippen LogP contribution is -2.54. The van der Waals surface area contributed by atoms with Crippen molar-refractivity contribution in [1.82, 2.24) is 5.32 Å². The summed E-state index contributed by atoms with van der Waals surface area (Å²) in [5.74, 6) is 3.28. The molecule has 30 heavy (non-hydrogen) atoms. The van der Waals surface area contributed by atoms with Crippen LogP contribution in [0.4, 0.5) is 11.4 Å². The molecule has 164 valence electrons. The lowest BCUT2D eigenvalue weighted by atomic mass is 9.46. The molecule has 3 atom stereocenters. The largest absolute Gasteiger partial charge is 0.368 e. The number of nitrogens with zero attached hydrogens (tertiary/aromatic N) is 2. The van der Waals surface area contributed by atoms with Gasteiger partial charge in [-0.15, -0.1) is 0 Å². The summed E-state index contributed by atoms with van der Waals surface area (Å²) in [6, 6.07) is 6.72. The van der Waals surface area contributed by atoms with Gasteiger partial charge < -0.3 is 10.2 Å². The Morgan fingerprint density at radius 3 is 2.20 bits per heavy atom. The highest BCUT2D eigenvalue weighted by atomic mass is 16.6. The second-order valence-corrected chi connectivity index (χ2v) is 11.3. The molecule has 0 spiro atoms. The van der Waals surface area contributed by atoms with Crippen LogP contribution >= 0.6 is 0 Å². The van der Waals surface area contributed by atoms with Gasteiger partial charge >= 0.3 is 0 Å². The van der Waals surface area contributed by atoms with Crippen molar-refractivity contribution in [2.45, 2.75) is 77.8 Å². The summed E-state index contributed by atoms with van der Waals surface area (Å²) >= 11 is 0. The van der Waals surface area contributed by atoms with Crippen LogP contribution in [0.2, 0.25) is 0 Å². The molecule has 1 aromatic carbocycles. The van der Waals surface area contributed by atoms with Crippen LogP contribution in [0.15, 0.2) is 18.2 Å². The Balaban J connectivity index is 1.41. The normalized spacial score (nSPS) is 38.6. The van der Waals surface area contributed by atoms with Crippen LogP contribution in [0, 0.1) is 39.2 Å². The van der Waals surface area contributed by atoms with E-state index in [4.69, 9.17) is 0 Å². The Labute approximate surface area is 180 Å². The smallest absolute Gasteiger partial charge is 0.272 e. The third-order valence-electron chi connectivity index (χ3n) is 8.84. The van der Waals surface area contributed by atoms with Crippen LogP contribution < -0.4 is 10.2 Å². The molecule has 5 nitrogen and oxygen atoms in total. The van der Waals surface area contributed by atoms with Gasteiger partial charge in [-0.05, 0) is 100 Å². The minimum Gasteiger partial charge on any atom is -0.368 e. The Bertz CT molecular complexity index is 777. The number of benzene rings is 1. The van der Waals surface area contributed by atoms with E-state index < -0.39 is 0 Å². The Kier molecular flexibility index (Phi) is 5.08. The number of nitro groups is 1. The molecule has 0 unspecified atom stereocenters. The molecule has 1 aliphatic heterocycles. The van der Waals surface area contributed by atoms with Gasteiger partial charge in [0.15, 0.2) is 0 Å². The quantitative estimate of drug-likeness (QED) is 0.536. The first-order valence-corrected chi connectivity index (χ1v) is 12.1. The van der Waals surface area contributed by atoms with E-state index in [1.165, 1.54) is 38.5 Å². The summed E-state index contributed by atoms with van der Waals surface area (Å²) in [5, 5.41) is 15.4. The highest BCUT2D eigenvalue weighted by Crippen LogP contribution is 2.63. The second kappa shape index (κ2) is 7.51. The highest BCUT2D eigenvalue weighted by molar-refractivity contribution is 5.56. The molecular formula is C25H37N3O2. The zero-order valence-electron chi connectivity index (χ0n) is 18.8. The van der Waals surface area contributed by atoms with E-state index in [0.717, 1.165) is 48.5 Å². The fraction of sp³-hybridized carbons (Fsp3) is 0.760. The molecule has 5 fully saturated rings. The van der Waals surface area contributed by atoms with Crippen molar-refractivity contribution in [3.63, 3.8) is 0 Å². The zero-order chi connectivity index (χ0) is 21.0. The fourth-order valence-corrected chi connectivity index (χ4v) is 7.98. The van der Waals surface area contributed by atoms with E-state index in [1.807, 2.05) is 6.07 Å². The first kappa shape index (κ1) is 20.3. The summed E-state index contributed by atoms with van der Waals surface area (Å²) in [6.45, 7) is 8.71. The van der Waals surface area contributed by atoms with Crippen molar-refractivity contribution in [2.75, 3.05) is 18.0 Å². The van der Waals surface area contributed by atoms with E-state index in [1.54, 1.807) is 6.07 Å². The van der Waals surface area contributed by atoms with Crippen molar-refractivity contribution in [3.8, 4) is 0 Å². The van der Waals surface area contributed by atoms with E-state index in [0.29, 0.717) is 29.1 Å². The molecule has 6 rings (SSSR count). The zero-order valence-corrected chi connectivity index (χ0v) is 18.8. The number of piperazine rings is 1. The van der Waals surface area contributed by atoms with Gasteiger partial charge in [-0.1, -0.05) is 6.92 Å². The minimum atomic E-state index is -0.172. The minimum absolute atomic E-state index is 0.172. The summed E-state index contributed by atoms with van der Waals surface area (Å²) in [7, 11) is 0. The maximum atomic E-state index is 11.8. The molecule has 0 amide bonds. The van der Waals surface area contributed by atoms with E-state index in [9.17, 15) is 10.1 Å². The maximum absolute atomic E-state index is 11.8. The molecular weight excluding hydrogens is 374 g/mol. The summed E-state index contributed by atoms with van der Waals surface area (Å²) in [4.78, 5) is 14.1. The van der Waals surface area contributed by atoms with Crippen molar-refractivity contribution in [3.05, 3.63) is 33.9 Å². The average molecular weight is 412 g/mol. The Morgan fingerprint density at radius 1 is 1.10 bits per heavy atom. The molecule has 1 saturated heterocycles. The van der Waals surface area contributed by atoms with Gasteiger partial charge in [-0.3, -0.25) is 10.1 Å². The molecule has 0 radical (unpaired) electrons. The third-order valence-corrected chi connectivity index (χ3v) is 8.84. The molecule has 0 aromatic heterocycles. The van der Waals surface area contributed by atoms with E-state index in [-0.39, 0.29) is 4.92 Å². The second-order valence-electron chi connectivity index (χ2n) is 11.3. The number of hydrogen-bond acceptors (Lipinski definition) is 4. The van der Waals surface area contributed by atoms with Crippen LogP contribution in [0.25, 0.3) is 0 Å². The lowest BCUT2D eigenvalue weighted by Gasteiger charge is -2.59. The van der Waals surface area contributed by atoms with Crippen LogP contribution in [-0.4, -0.2) is 30.1 Å². The fourth-order valence-electron chi connectivity index (χ4n) is 7.98. The lowest BCUT2D eigenvalue weighted by molar-refractivity contribution is -0.385. The molecule has 5 heteroatoms. The predicted octanol–water partition coefficient (Wildman–Crippen LogP) is 5.18. The number of rotatable bonds is 5. The molecule has 1 aromatic rings. The van der Waals surface area contributed by atoms with Crippen molar-refractivity contribution >= 4 is 11.4 Å². The van der Waals surface area contributed by atoms with Crippen LogP contribution in [0.3, 0.4) is 0 Å². The van der Waals surface area contributed by atoms with Gasteiger partial charge in [0.25, 0.3) is 5.69 Å². The van der Waals surface area contributed by atoms with Gasteiger partial charge in [0.1, 0.15) is 0 Å². The molecule has 4 aliphatic carbocycles. The Morgan fingerprint density at radius 2 is 1.67 bits per heavy atom. The van der Waals surface area contributed by atoms with Crippen molar-refractivity contribution in [1.29, 1.82) is 0 Å². The standard InChI is InChI=1S/C25H37N3O2/c1-16(25-11-19-7-20(12-25)9-21(8-19)13-25)6-22-10-23(4-5-24(22)28(29)30)27-14-17(2)26-18(3)15-27/h4-5,10,16-21,26H,6-9,11-15H2,1-3H3/t16-,17-,18+,19?,20?,21?,25?/m0/s1. The summed E-state index contributed by atoms with van der Waals surface area (Å²) in [5.41, 5.74) is 2.83. The van der Waals surface area contributed by atoms with Gasteiger partial charge in [0.2, 0.25) is 0 Å². The van der Waals surface area contributed by atoms with Crippen LogP contribution in [0.1, 0.15) is 64.9 Å². The molecule has 4 bridgehead atoms. The number of anilines is 1. The maximum Gasteiger partial charge on any atom is 0.272 e.